The number of benzene rings is 2. The molecule has 2 aromatic carbocycles. The molecule has 0 radical (unpaired) electrons. The number of nitrogens with one attached hydrogen (secondary N) is 3. The van der Waals surface area contributed by atoms with Crippen molar-refractivity contribution in [2.24, 2.45) is 10.9 Å². The second-order valence-corrected chi connectivity index (χ2v) is 8.06. The molecule has 7 heteroatoms. The number of aromatic amines is 1. The summed E-state index contributed by atoms with van der Waals surface area (Å²) in [5.74, 6) is 2.07. The van der Waals surface area contributed by atoms with E-state index in [2.05, 4.69) is 49.9 Å². The topological polar surface area (TPSA) is 85.4 Å². The predicted octanol–water partition coefficient (Wildman–Crippen LogP) is 2.83. The third kappa shape index (κ3) is 5.75. The molecule has 1 amide bonds. The van der Waals surface area contributed by atoms with Crippen molar-refractivity contribution in [1.82, 2.24) is 25.5 Å². The van der Waals surface area contributed by atoms with Gasteiger partial charge in [-0.05, 0) is 17.5 Å². The highest BCUT2D eigenvalue weighted by molar-refractivity contribution is 5.80. The van der Waals surface area contributed by atoms with Crippen LogP contribution in [0.25, 0.3) is 11.3 Å². The van der Waals surface area contributed by atoms with Gasteiger partial charge in [0.25, 0.3) is 0 Å². The molecule has 166 valence electrons. The quantitative estimate of drug-likeness (QED) is 0.379. The monoisotopic (exact) mass is 430 g/mol. The SMILES string of the molecule is CN=C(NCc1ncc(-c2ccccc2)[nH]1)NCC1CC(=O)N(CCc2ccccc2)C1. The second-order valence-electron chi connectivity index (χ2n) is 8.06. The molecular formula is C25H30N6O. The average Bonchev–Trinajstić information content (AvgIpc) is 3.45. The van der Waals surface area contributed by atoms with E-state index in [1.807, 2.05) is 47.5 Å². The molecule has 3 aromatic rings. The summed E-state index contributed by atoms with van der Waals surface area (Å²) in [6.07, 6.45) is 3.32. The molecule has 2 heterocycles. The van der Waals surface area contributed by atoms with E-state index in [9.17, 15) is 4.79 Å². The predicted molar refractivity (Wildman–Crippen MR) is 127 cm³/mol. The van der Waals surface area contributed by atoms with Gasteiger partial charge in [-0.15, -0.1) is 0 Å². The minimum absolute atomic E-state index is 0.236. The lowest BCUT2D eigenvalue weighted by Crippen LogP contribution is -2.40. The lowest BCUT2D eigenvalue weighted by Gasteiger charge is -2.17. The number of aromatic nitrogens is 2. The van der Waals surface area contributed by atoms with E-state index < -0.39 is 0 Å². The average molecular weight is 431 g/mol. The zero-order valence-electron chi connectivity index (χ0n) is 18.4. The van der Waals surface area contributed by atoms with Crippen molar-refractivity contribution in [3.63, 3.8) is 0 Å². The van der Waals surface area contributed by atoms with E-state index in [4.69, 9.17) is 0 Å². The Hall–Kier alpha value is -3.61. The molecule has 1 aliphatic rings. The largest absolute Gasteiger partial charge is 0.356 e. The number of hydrogen-bond acceptors (Lipinski definition) is 3. The first kappa shape index (κ1) is 21.6. The number of hydrogen-bond donors (Lipinski definition) is 3. The van der Waals surface area contributed by atoms with Gasteiger partial charge in [-0.25, -0.2) is 4.98 Å². The molecule has 1 fully saturated rings. The third-order valence-electron chi connectivity index (χ3n) is 5.73. The highest BCUT2D eigenvalue weighted by Crippen LogP contribution is 2.18. The van der Waals surface area contributed by atoms with Gasteiger partial charge in [0.15, 0.2) is 5.96 Å². The normalized spacial score (nSPS) is 16.4. The Bertz CT molecular complexity index is 1030. The Balaban J connectivity index is 1.21. The summed E-state index contributed by atoms with van der Waals surface area (Å²) in [7, 11) is 1.75. The Kier molecular flexibility index (Phi) is 7.17. The van der Waals surface area contributed by atoms with Crippen LogP contribution in [0.1, 0.15) is 17.8 Å². The summed E-state index contributed by atoms with van der Waals surface area (Å²) in [5, 5.41) is 6.64. The van der Waals surface area contributed by atoms with Crippen LogP contribution in [0.4, 0.5) is 0 Å². The molecule has 0 saturated carbocycles. The van der Waals surface area contributed by atoms with Crippen molar-refractivity contribution >= 4 is 11.9 Å². The molecule has 1 atom stereocenters. The summed E-state index contributed by atoms with van der Waals surface area (Å²) in [4.78, 5) is 26.5. The van der Waals surface area contributed by atoms with E-state index in [1.165, 1.54) is 5.56 Å². The first-order valence-electron chi connectivity index (χ1n) is 11.1. The molecule has 1 aromatic heterocycles. The van der Waals surface area contributed by atoms with Gasteiger partial charge in [-0.1, -0.05) is 60.7 Å². The number of likely N-dealkylation sites (tertiary alicyclic amines) is 1. The Morgan fingerprint density at radius 2 is 1.88 bits per heavy atom. The van der Waals surface area contributed by atoms with Gasteiger partial charge in [0, 0.05) is 39.0 Å². The summed E-state index contributed by atoms with van der Waals surface area (Å²) in [5.41, 5.74) is 3.36. The Morgan fingerprint density at radius 1 is 1.12 bits per heavy atom. The molecule has 3 N–H and O–H groups in total. The minimum Gasteiger partial charge on any atom is -0.356 e. The molecule has 1 saturated heterocycles. The van der Waals surface area contributed by atoms with Gasteiger partial charge in [0.2, 0.25) is 5.91 Å². The van der Waals surface area contributed by atoms with Gasteiger partial charge >= 0.3 is 0 Å². The zero-order chi connectivity index (χ0) is 22.2. The maximum Gasteiger partial charge on any atom is 0.223 e. The van der Waals surface area contributed by atoms with Gasteiger partial charge in [0.1, 0.15) is 5.82 Å². The van der Waals surface area contributed by atoms with Crippen molar-refractivity contribution in [2.75, 3.05) is 26.7 Å². The summed E-state index contributed by atoms with van der Waals surface area (Å²) >= 11 is 0. The smallest absolute Gasteiger partial charge is 0.223 e. The standard InChI is InChI=1S/C25H30N6O/c1-26-25(29-17-23-27-16-22(30-23)21-10-6-3-7-11-21)28-15-20-14-24(32)31(18-20)13-12-19-8-4-2-5-9-19/h2-11,16,20H,12-15,17-18H2,1H3,(H,27,30)(H2,26,28,29). The molecule has 32 heavy (non-hydrogen) atoms. The molecule has 1 aliphatic heterocycles. The first-order valence-corrected chi connectivity index (χ1v) is 11.1. The third-order valence-corrected chi connectivity index (χ3v) is 5.73. The fourth-order valence-corrected chi connectivity index (χ4v) is 3.96. The number of nitrogens with zero attached hydrogens (tertiary/aromatic N) is 3. The van der Waals surface area contributed by atoms with Gasteiger partial charge in [-0.3, -0.25) is 9.79 Å². The van der Waals surface area contributed by atoms with Crippen LogP contribution in [0.2, 0.25) is 0 Å². The van der Waals surface area contributed by atoms with Gasteiger partial charge in [0.05, 0.1) is 18.4 Å². The van der Waals surface area contributed by atoms with E-state index in [1.54, 1.807) is 7.05 Å². The zero-order valence-corrected chi connectivity index (χ0v) is 18.4. The molecule has 7 nitrogen and oxygen atoms in total. The van der Waals surface area contributed by atoms with E-state index in [0.717, 1.165) is 36.6 Å². The highest BCUT2D eigenvalue weighted by atomic mass is 16.2. The molecule has 0 aliphatic carbocycles. The summed E-state index contributed by atoms with van der Waals surface area (Å²) < 4.78 is 0. The van der Waals surface area contributed by atoms with Crippen molar-refractivity contribution in [3.05, 3.63) is 78.2 Å². The van der Waals surface area contributed by atoms with Crippen LogP contribution in [-0.2, 0) is 17.8 Å². The fourth-order valence-electron chi connectivity index (χ4n) is 3.96. The van der Waals surface area contributed by atoms with Crippen molar-refractivity contribution in [1.29, 1.82) is 0 Å². The van der Waals surface area contributed by atoms with E-state index in [0.29, 0.717) is 25.5 Å². The van der Waals surface area contributed by atoms with Crippen molar-refractivity contribution < 1.29 is 4.79 Å². The minimum atomic E-state index is 0.236. The lowest BCUT2D eigenvalue weighted by molar-refractivity contribution is -0.127. The first-order chi connectivity index (χ1) is 15.7. The van der Waals surface area contributed by atoms with Gasteiger partial charge in [-0.2, -0.15) is 0 Å². The number of guanidine groups is 1. The number of carbonyl (C=O) groups excluding carboxylic acids is 1. The molecular weight excluding hydrogens is 400 g/mol. The Morgan fingerprint density at radius 3 is 2.62 bits per heavy atom. The molecule has 4 rings (SSSR count). The highest BCUT2D eigenvalue weighted by Gasteiger charge is 2.29. The van der Waals surface area contributed by atoms with E-state index >= 15 is 0 Å². The van der Waals surface area contributed by atoms with Crippen LogP contribution in [0.5, 0.6) is 0 Å². The summed E-state index contributed by atoms with van der Waals surface area (Å²) in [6, 6.07) is 20.4. The van der Waals surface area contributed by atoms with Gasteiger partial charge < -0.3 is 20.5 Å². The number of H-pyrrole nitrogens is 1. The van der Waals surface area contributed by atoms with Crippen LogP contribution in [-0.4, -0.2) is 53.4 Å². The number of amides is 1. The molecule has 1 unspecified atom stereocenters. The second kappa shape index (κ2) is 10.6. The van der Waals surface area contributed by atoms with Crippen LogP contribution in [0.3, 0.4) is 0 Å². The van der Waals surface area contributed by atoms with Crippen molar-refractivity contribution in [3.8, 4) is 11.3 Å². The van der Waals surface area contributed by atoms with E-state index in [-0.39, 0.29) is 11.8 Å². The number of rotatable bonds is 8. The van der Waals surface area contributed by atoms with Crippen molar-refractivity contribution in [2.45, 2.75) is 19.4 Å². The maximum absolute atomic E-state index is 12.4. The van der Waals surface area contributed by atoms with Crippen LogP contribution < -0.4 is 10.6 Å². The number of aliphatic imine (C=N–C) groups is 1. The summed E-state index contributed by atoms with van der Waals surface area (Å²) in [6.45, 7) is 2.81. The van der Waals surface area contributed by atoms with Crippen LogP contribution in [0.15, 0.2) is 71.9 Å². The van der Waals surface area contributed by atoms with Crippen LogP contribution >= 0.6 is 0 Å². The lowest BCUT2D eigenvalue weighted by atomic mass is 10.1. The molecule has 0 spiro atoms. The number of imidazole rings is 1. The Labute approximate surface area is 189 Å². The number of carbonyl (C=O) groups is 1. The molecule has 0 bridgehead atoms. The van der Waals surface area contributed by atoms with Crippen LogP contribution in [0, 0.1) is 5.92 Å². The maximum atomic E-state index is 12.4. The fraction of sp³-hybridized carbons (Fsp3) is 0.320.